The molecule has 212 valence electrons. The zero-order valence-corrected chi connectivity index (χ0v) is 22.8. The van der Waals surface area contributed by atoms with Crippen LogP contribution in [-0.4, -0.2) is 55.3 Å². The first kappa shape index (κ1) is 28.8. The number of amides is 4. The van der Waals surface area contributed by atoms with Crippen LogP contribution >= 0.6 is 11.6 Å². The van der Waals surface area contributed by atoms with Crippen molar-refractivity contribution in [1.29, 1.82) is 0 Å². The standard InChI is InChI=1S/C25H32ClN5O7S/c26-18-11-9-16(10-12-18)24-15-17(24)7-4-2-1-3-5-8-19(38-23(27)35)20(32)31-14-6-13-25(31,21(33)29-24)22(34)30-39(28,36)37/h4,7,9-12,17,19H,1-3,5-6,8,13-15H2,(H2,27,35)(H,29,33)(H,30,34)(H2,28,36,37)/b7-4+. The van der Waals surface area contributed by atoms with E-state index >= 15 is 0 Å². The average Bonchev–Trinajstić information content (AvgIpc) is 3.34. The summed E-state index contributed by atoms with van der Waals surface area (Å²) in [6.07, 6.45) is 5.03. The summed E-state index contributed by atoms with van der Waals surface area (Å²) in [6, 6.07) is 6.92. The van der Waals surface area contributed by atoms with E-state index in [-0.39, 0.29) is 31.7 Å². The lowest BCUT2D eigenvalue weighted by Crippen LogP contribution is -2.68. The Bertz CT molecular complexity index is 1290. The Balaban J connectivity index is 1.80. The molecule has 1 saturated carbocycles. The number of allylic oxidation sites excluding steroid dienone is 1. The lowest BCUT2D eigenvalue weighted by Gasteiger charge is -2.38. The van der Waals surface area contributed by atoms with Crippen LogP contribution in [0.3, 0.4) is 0 Å². The number of hydrogen-bond acceptors (Lipinski definition) is 7. The van der Waals surface area contributed by atoms with E-state index in [4.69, 9.17) is 27.2 Å². The van der Waals surface area contributed by atoms with Gasteiger partial charge in [0.1, 0.15) is 0 Å². The molecule has 1 aromatic rings. The van der Waals surface area contributed by atoms with Gasteiger partial charge in [-0.1, -0.05) is 42.3 Å². The second-order valence-electron chi connectivity index (χ2n) is 10.2. The number of carbonyl (C=O) groups is 4. The highest BCUT2D eigenvalue weighted by molar-refractivity contribution is 7.87. The minimum absolute atomic E-state index is 0.0554. The number of nitrogens with one attached hydrogen (secondary N) is 2. The van der Waals surface area contributed by atoms with E-state index in [2.05, 4.69) is 5.32 Å². The number of carbonyl (C=O) groups excluding carboxylic acids is 4. The molecule has 0 aromatic heterocycles. The van der Waals surface area contributed by atoms with Crippen LogP contribution in [0.1, 0.15) is 56.9 Å². The summed E-state index contributed by atoms with van der Waals surface area (Å²) in [6.45, 7) is -0.0554. The van der Waals surface area contributed by atoms with Crippen LogP contribution in [0.4, 0.5) is 4.79 Å². The molecule has 2 aliphatic heterocycles. The number of nitrogens with zero attached hydrogens (tertiary/aromatic N) is 1. The number of ether oxygens (including phenoxy) is 1. The fourth-order valence-electron chi connectivity index (χ4n) is 5.60. The van der Waals surface area contributed by atoms with Gasteiger partial charge in [0.05, 0.1) is 5.54 Å². The van der Waals surface area contributed by atoms with E-state index in [1.54, 1.807) is 29.0 Å². The minimum atomic E-state index is -4.58. The summed E-state index contributed by atoms with van der Waals surface area (Å²) in [5.41, 5.74) is 2.79. The van der Waals surface area contributed by atoms with Crippen molar-refractivity contribution >= 4 is 45.6 Å². The van der Waals surface area contributed by atoms with E-state index in [0.29, 0.717) is 17.9 Å². The lowest BCUT2D eigenvalue weighted by atomic mass is 9.91. The van der Waals surface area contributed by atoms with Crippen molar-refractivity contribution in [1.82, 2.24) is 14.9 Å². The van der Waals surface area contributed by atoms with Crippen LogP contribution < -0.4 is 20.9 Å². The smallest absolute Gasteiger partial charge is 0.405 e. The molecule has 14 heteroatoms. The highest BCUT2D eigenvalue weighted by Gasteiger charge is 2.62. The Hall–Kier alpha value is -3.16. The fraction of sp³-hybridized carbons (Fsp3) is 0.520. The molecule has 0 spiro atoms. The molecule has 4 unspecified atom stereocenters. The van der Waals surface area contributed by atoms with Gasteiger partial charge in [-0.05, 0) is 62.6 Å². The SMILES string of the molecule is NC(=O)OC1CCCCC/C=C/C2CC2(c2ccc(Cl)cc2)NC(=O)C2(C(=O)NS(N)(=O)=O)CCCN2C1=O. The molecule has 6 N–H and O–H groups in total. The molecule has 1 saturated heterocycles. The fourth-order valence-corrected chi connectivity index (χ4v) is 6.16. The van der Waals surface area contributed by atoms with Gasteiger partial charge >= 0.3 is 6.09 Å². The zero-order chi connectivity index (χ0) is 28.4. The number of hydrogen-bond donors (Lipinski definition) is 4. The molecule has 4 amide bonds. The Kier molecular flexibility index (Phi) is 8.24. The average molecular weight is 582 g/mol. The molecule has 1 aliphatic carbocycles. The first-order valence-electron chi connectivity index (χ1n) is 12.8. The third-order valence-corrected chi connectivity index (χ3v) is 8.31. The van der Waals surface area contributed by atoms with Crippen molar-refractivity contribution in [2.24, 2.45) is 16.8 Å². The quantitative estimate of drug-likeness (QED) is 0.304. The molecule has 1 aromatic carbocycles. The zero-order valence-electron chi connectivity index (χ0n) is 21.2. The number of nitrogens with two attached hydrogens (primary N) is 2. The summed E-state index contributed by atoms with van der Waals surface area (Å²) < 4.78 is 30.5. The predicted molar refractivity (Wildman–Crippen MR) is 141 cm³/mol. The summed E-state index contributed by atoms with van der Waals surface area (Å²) in [5, 5.41) is 8.56. The monoisotopic (exact) mass is 581 g/mol. The van der Waals surface area contributed by atoms with Crippen LogP contribution in [0.15, 0.2) is 36.4 Å². The highest BCUT2D eigenvalue weighted by atomic mass is 35.5. The Morgan fingerprint density at radius 3 is 2.51 bits per heavy atom. The molecule has 4 atom stereocenters. The second-order valence-corrected chi connectivity index (χ2v) is 11.9. The topological polar surface area (TPSA) is 191 Å². The van der Waals surface area contributed by atoms with Gasteiger partial charge in [-0.2, -0.15) is 8.42 Å². The second kappa shape index (κ2) is 11.1. The molecule has 12 nitrogen and oxygen atoms in total. The Labute approximate surface area is 231 Å². The third kappa shape index (κ3) is 6.04. The van der Waals surface area contributed by atoms with E-state index in [9.17, 15) is 27.6 Å². The van der Waals surface area contributed by atoms with Gasteiger partial charge in [0.15, 0.2) is 6.10 Å². The van der Waals surface area contributed by atoms with Gasteiger partial charge < -0.3 is 20.7 Å². The number of benzene rings is 1. The van der Waals surface area contributed by atoms with Gasteiger partial charge in [-0.15, -0.1) is 0 Å². The molecular weight excluding hydrogens is 550 g/mol. The van der Waals surface area contributed by atoms with Gasteiger partial charge in [-0.25, -0.2) is 14.7 Å². The maximum absolute atomic E-state index is 14.2. The molecule has 2 heterocycles. The summed E-state index contributed by atoms with van der Waals surface area (Å²) >= 11 is 6.09. The van der Waals surface area contributed by atoms with Gasteiger partial charge in [0.2, 0.25) is 5.54 Å². The Morgan fingerprint density at radius 2 is 1.85 bits per heavy atom. The van der Waals surface area contributed by atoms with Crippen LogP contribution in [0.2, 0.25) is 5.02 Å². The number of fused-ring (bicyclic) bond motifs is 2. The largest absolute Gasteiger partial charge is 0.436 e. The third-order valence-electron chi connectivity index (χ3n) is 7.58. The number of primary amides is 1. The van der Waals surface area contributed by atoms with Crippen molar-refractivity contribution in [2.75, 3.05) is 6.54 Å². The maximum Gasteiger partial charge on any atom is 0.405 e. The van der Waals surface area contributed by atoms with Crippen LogP contribution in [0, 0.1) is 5.92 Å². The van der Waals surface area contributed by atoms with Crippen molar-refractivity contribution in [2.45, 2.75) is 68.5 Å². The molecule has 2 fully saturated rings. The van der Waals surface area contributed by atoms with Crippen molar-refractivity contribution in [3.05, 3.63) is 47.0 Å². The summed E-state index contributed by atoms with van der Waals surface area (Å²) in [5.74, 6) is -3.06. The maximum atomic E-state index is 14.2. The molecule has 4 rings (SSSR count). The first-order chi connectivity index (χ1) is 18.4. The first-order valence-corrected chi connectivity index (χ1v) is 14.7. The summed E-state index contributed by atoms with van der Waals surface area (Å²) in [7, 11) is -4.58. The number of halogens is 1. The van der Waals surface area contributed by atoms with E-state index in [1.165, 1.54) is 0 Å². The molecule has 0 bridgehead atoms. The minimum Gasteiger partial charge on any atom is -0.436 e. The van der Waals surface area contributed by atoms with E-state index < -0.39 is 51.2 Å². The van der Waals surface area contributed by atoms with Crippen LogP contribution in [-0.2, 0) is 34.9 Å². The molecule has 39 heavy (non-hydrogen) atoms. The van der Waals surface area contributed by atoms with Crippen LogP contribution in [0.25, 0.3) is 0 Å². The highest BCUT2D eigenvalue weighted by Crippen LogP contribution is 2.53. The van der Waals surface area contributed by atoms with Crippen molar-refractivity contribution in [3.8, 4) is 0 Å². The summed E-state index contributed by atoms with van der Waals surface area (Å²) in [4.78, 5) is 54.0. The predicted octanol–water partition coefficient (Wildman–Crippen LogP) is 1.34. The normalized spacial score (nSPS) is 30.6. The van der Waals surface area contributed by atoms with Crippen molar-refractivity contribution in [3.63, 3.8) is 0 Å². The van der Waals surface area contributed by atoms with Gasteiger partial charge in [0, 0.05) is 17.5 Å². The molecular formula is C25H32ClN5O7S. The lowest BCUT2D eigenvalue weighted by molar-refractivity contribution is -0.157. The van der Waals surface area contributed by atoms with Gasteiger partial charge in [0.25, 0.3) is 27.9 Å². The molecule has 3 aliphatic rings. The van der Waals surface area contributed by atoms with E-state index in [0.717, 1.165) is 29.7 Å². The van der Waals surface area contributed by atoms with Crippen molar-refractivity contribution < 1.29 is 32.3 Å². The van der Waals surface area contributed by atoms with E-state index in [1.807, 2.05) is 12.2 Å². The molecule has 0 radical (unpaired) electrons. The van der Waals surface area contributed by atoms with Gasteiger partial charge in [-0.3, -0.25) is 14.4 Å². The number of rotatable bonds is 4. The Morgan fingerprint density at radius 1 is 1.13 bits per heavy atom. The van der Waals surface area contributed by atoms with Crippen LogP contribution in [0.5, 0.6) is 0 Å².